The molecule has 0 radical (unpaired) electrons. The molecule has 1 aromatic carbocycles. The highest BCUT2D eigenvalue weighted by Gasteiger charge is 2.28. The van der Waals surface area contributed by atoms with E-state index >= 15 is 0 Å². The Morgan fingerprint density at radius 2 is 1.75 bits per heavy atom. The fourth-order valence-electron chi connectivity index (χ4n) is 4.26. The molecule has 0 spiro atoms. The van der Waals surface area contributed by atoms with Crippen molar-refractivity contribution in [3.63, 3.8) is 0 Å². The minimum absolute atomic E-state index is 0. The number of nitrogens with zero attached hydrogens (tertiary/aromatic N) is 4. The Kier molecular flexibility index (Phi) is 10.6. The lowest BCUT2D eigenvalue weighted by molar-refractivity contribution is -0.129. The summed E-state index contributed by atoms with van der Waals surface area (Å²) in [4.78, 5) is 21.2. The van der Waals surface area contributed by atoms with Gasteiger partial charge in [0.15, 0.2) is 0 Å². The summed E-state index contributed by atoms with van der Waals surface area (Å²) < 4.78 is 0. The van der Waals surface area contributed by atoms with Crippen molar-refractivity contribution in [1.82, 2.24) is 14.7 Å². The van der Waals surface area contributed by atoms with E-state index in [1.807, 2.05) is 14.1 Å². The topological polar surface area (TPSA) is 30.0 Å². The van der Waals surface area contributed by atoms with E-state index in [1.54, 1.807) is 4.90 Å². The Morgan fingerprint density at radius 1 is 1.07 bits per heavy atom. The van der Waals surface area contributed by atoms with Crippen LogP contribution in [0.15, 0.2) is 24.3 Å². The van der Waals surface area contributed by atoms with Crippen LogP contribution in [-0.4, -0.2) is 86.6 Å². The summed E-state index contributed by atoms with van der Waals surface area (Å²) in [6.45, 7) is 9.87. The Hall–Kier alpha value is -1.01. The molecule has 1 amide bonds. The molecule has 2 fully saturated rings. The normalized spacial score (nSPS) is 20.8. The molecule has 1 atom stereocenters. The second-order valence-corrected chi connectivity index (χ2v) is 7.94. The third-order valence-corrected chi connectivity index (χ3v) is 5.91. The van der Waals surface area contributed by atoms with Crippen molar-refractivity contribution in [3.05, 3.63) is 29.8 Å². The molecule has 5 nitrogen and oxygen atoms in total. The molecule has 2 saturated heterocycles. The number of hydrogen-bond donors (Lipinski definition) is 0. The fourth-order valence-corrected chi connectivity index (χ4v) is 4.26. The molecule has 0 N–H and O–H groups in total. The van der Waals surface area contributed by atoms with Crippen LogP contribution in [0.1, 0.15) is 24.8 Å². The van der Waals surface area contributed by atoms with Crippen LogP contribution in [0.4, 0.5) is 5.69 Å². The SMILES string of the molecule is Cc1ccccc1N1CCN(C2CCCN(CCC(=O)N(C)C)C2)CC1.Cl.Cl. The van der Waals surface area contributed by atoms with Crippen LogP contribution >= 0.6 is 24.8 Å². The predicted octanol–water partition coefficient (Wildman–Crippen LogP) is 2.90. The zero-order valence-electron chi connectivity index (χ0n) is 17.5. The van der Waals surface area contributed by atoms with Gasteiger partial charge >= 0.3 is 0 Å². The largest absolute Gasteiger partial charge is 0.369 e. The number of hydrogen-bond acceptors (Lipinski definition) is 4. The smallest absolute Gasteiger partial charge is 0.223 e. The summed E-state index contributed by atoms with van der Waals surface area (Å²) in [5.41, 5.74) is 2.76. The second-order valence-electron chi connectivity index (χ2n) is 7.94. The van der Waals surface area contributed by atoms with Crippen LogP contribution in [-0.2, 0) is 4.79 Å². The van der Waals surface area contributed by atoms with E-state index in [1.165, 1.54) is 24.1 Å². The highest BCUT2D eigenvalue weighted by molar-refractivity contribution is 5.85. The molecular weight excluding hydrogens is 395 g/mol. The lowest BCUT2D eigenvalue weighted by Gasteiger charge is -2.44. The van der Waals surface area contributed by atoms with Crippen molar-refractivity contribution < 1.29 is 4.79 Å². The molecule has 2 aliphatic heterocycles. The monoisotopic (exact) mass is 430 g/mol. The lowest BCUT2D eigenvalue weighted by atomic mass is 10.0. The van der Waals surface area contributed by atoms with Crippen molar-refractivity contribution in [2.45, 2.75) is 32.2 Å². The average molecular weight is 431 g/mol. The zero-order chi connectivity index (χ0) is 18.5. The maximum absolute atomic E-state index is 11.9. The molecule has 0 aromatic heterocycles. The summed E-state index contributed by atoms with van der Waals surface area (Å²) in [5, 5.41) is 0. The molecule has 3 rings (SSSR count). The number of benzene rings is 1. The summed E-state index contributed by atoms with van der Waals surface area (Å²) in [7, 11) is 3.69. The number of carbonyl (C=O) groups is 1. The first-order valence-electron chi connectivity index (χ1n) is 10.0. The zero-order valence-corrected chi connectivity index (χ0v) is 19.1. The third kappa shape index (κ3) is 6.51. The van der Waals surface area contributed by atoms with Gasteiger partial charge in [-0.05, 0) is 37.9 Å². The molecule has 1 unspecified atom stereocenters. The van der Waals surface area contributed by atoms with Crippen LogP contribution in [0.5, 0.6) is 0 Å². The maximum Gasteiger partial charge on any atom is 0.223 e. The lowest BCUT2D eigenvalue weighted by Crippen LogP contribution is -2.55. The predicted molar refractivity (Wildman–Crippen MR) is 122 cm³/mol. The molecule has 2 aliphatic rings. The van der Waals surface area contributed by atoms with Crippen LogP contribution in [0.2, 0.25) is 0 Å². The van der Waals surface area contributed by atoms with E-state index in [0.717, 1.165) is 45.8 Å². The average Bonchev–Trinajstić information content (AvgIpc) is 2.67. The van der Waals surface area contributed by atoms with Gasteiger partial charge in [-0.25, -0.2) is 0 Å². The maximum atomic E-state index is 11.9. The quantitative estimate of drug-likeness (QED) is 0.717. The van der Waals surface area contributed by atoms with Crippen molar-refractivity contribution in [1.29, 1.82) is 0 Å². The van der Waals surface area contributed by atoms with Gasteiger partial charge in [0, 0.05) is 71.5 Å². The van der Waals surface area contributed by atoms with Crippen LogP contribution in [0.25, 0.3) is 0 Å². The van der Waals surface area contributed by atoms with E-state index in [2.05, 4.69) is 45.9 Å². The molecular formula is C21H36Cl2N4O. The minimum atomic E-state index is 0. The van der Waals surface area contributed by atoms with Crippen molar-refractivity contribution in [3.8, 4) is 0 Å². The number of piperazine rings is 1. The Bertz CT molecular complexity index is 606. The van der Waals surface area contributed by atoms with E-state index in [0.29, 0.717) is 12.5 Å². The molecule has 160 valence electrons. The van der Waals surface area contributed by atoms with Crippen molar-refractivity contribution in [2.24, 2.45) is 0 Å². The number of likely N-dealkylation sites (tertiary alicyclic amines) is 1. The number of amides is 1. The van der Waals surface area contributed by atoms with E-state index in [4.69, 9.17) is 0 Å². The molecule has 28 heavy (non-hydrogen) atoms. The molecule has 0 bridgehead atoms. The van der Waals surface area contributed by atoms with Crippen molar-refractivity contribution in [2.75, 3.05) is 64.8 Å². The number of carbonyl (C=O) groups excluding carboxylic acids is 1. The minimum Gasteiger partial charge on any atom is -0.369 e. The number of anilines is 1. The summed E-state index contributed by atoms with van der Waals surface area (Å²) in [5.74, 6) is 0.235. The number of halogens is 2. The van der Waals surface area contributed by atoms with E-state index < -0.39 is 0 Å². The number of para-hydroxylation sites is 1. The van der Waals surface area contributed by atoms with Crippen LogP contribution < -0.4 is 4.90 Å². The van der Waals surface area contributed by atoms with Gasteiger partial charge in [-0.15, -0.1) is 24.8 Å². The first kappa shape index (κ1) is 25.0. The highest BCUT2D eigenvalue weighted by atomic mass is 35.5. The first-order chi connectivity index (χ1) is 12.5. The Labute approximate surface area is 182 Å². The number of aryl methyl sites for hydroxylation is 1. The standard InChI is InChI=1S/C21H34N4O.2ClH/c1-18-7-4-5-9-20(18)25-15-13-24(14-16-25)19-8-6-11-23(17-19)12-10-21(26)22(2)3;;/h4-5,7,9,19H,6,8,10-17H2,1-3H3;2*1H. The van der Waals surface area contributed by atoms with Gasteiger partial charge in [0.1, 0.15) is 0 Å². The van der Waals surface area contributed by atoms with Gasteiger partial charge < -0.3 is 14.7 Å². The van der Waals surface area contributed by atoms with Gasteiger partial charge in [0.25, 0.3) is 0 Å². The van der Waals surface area contributed by atoms with Crippen LogP contribution in [0.3, 0.4) is 0 Å². The molecule has 2 heterocycles. The number of rotatable bonds is 5. The second kappa shape index (κ2) is 11.9. The summed E-state index contributed by atoms with van der Waals surface area (Å²) in [6, 6.07) is 9.36. The molecule has 0 saturated carbocycles. The highest BCUT2D eigenvalue weighted by Crippen LogP contribution is 2.23. The Morgan fingerprint density at radius 3 is 2.39 bits per heavy atom. The summed E-state index contributed by atoms with van der Waals surface area (Å²) >= 11 is 0. The van der Waals surface area contributed by atoms with Gasteiger partial charge in [-0.1, -0.05) is 18.2 Å². The first-order valence-corrected chi connectivity index (χ1v) is 10.0. The van der Waals surface area contributed by atoms with Gasteiger partial charge in [-0.2, -0.15) is 0 Å². The molecule has 0 aliphatic carbocycles. The third-order valence-electron chi connectivity index (χ3n) is 5.91. The number of piperidine rings is 1. The molecule has 7 heteroatoms. The van der Waals surface area contributed by atoms with E-state index in [9.17, 15) is 4.79 Å². The fraction of sp³-hybridized carbons (Fsp3) is 0.667. The molecule has 1 aromatic rings. The van der Waals surface area contributed by atoms with Gasteiger partial charge in [-0.3, -0.25) is 9.69 Å². The van der Waals surface area contributed by atoms with Crippen molar-refractivity contribution >= 4 is 36.4 Å². The van der Waals surface area contributed by atoms with Gasteiger partial charge in [0.05, 0.1) is 0 Å². The van der Waals surface area contributed by atoms with E-state index in [-0.39, 0.29) is 30.7 Å². The van der Waals surface area contributed by atoms with Gasteiger partial charge in [0.2, 0.25) is 5.91 Å². The Balaban J connectivity index is 0.00000196. The van der Waals surface area contributed by atoms with Crippen LogP contribution in [0, 0.1) is 6.92 Å². The summed E-state index contributed by atoms with van der Waals surface area (Å²) in [6.07, 6.45) is 3.18.